The quantitative estimate of drug-likeness (QED) is 0.616. The molecule has 2 unspecified atom stereocenters. The third-order valence-electron chi connectivity index (χ3n) is 3.40. The number of carbonyl (C=O) groups is 1. The molecule has 21 heavy (non-hydrogen) atoms. The molecule has 1 saturated heterocycles. The second kappa shape index (κ2) is 6.58. The third-order valence-corrected chi connectivity index (χ3v) is 6.70. The Balaban J connectivity index is 1.73. The summed E-state index contributed by atoms with van der Waals surface area (Å²) in [5.41, 5.74) is 1.36. The number of hydrogen-bond donors (Lipinski definition) is 0. The van der Waals surface area contributed by atoms with E-state index in [4.69, 9.17) is 4.74 Å². The molecule has 0 radical (unpaired) electrons. The van der Waals surface area contributed by atoms with Crippen LogP contribution < -0.4 is 0 Å². The van der Waals surface area contributed by atoms with Crippen molar-refractivity contribution in [1.29, 1.82) is 0 Å². The zero-order chi connectivity index (χ0) is 14.7. The number of hydrogen-bond acceptors (Lipinski definition) is 4. The summed E-state index contributed by atoms with van der Waals surface area (Å²) in [4.78, 5) is 11.1. The zero-order valence-corrected chi connectivity index (χ0v) is 13.2. The number of rotatable bonds is 4. The van der Waals surface area contributed by atoms with Crippen LogP contribution in [0.3, 0.4) is 0 Å². The molecule has 2 atom stereocenters. The number of fused-ring (bicyclic) bond motifs is 1. The lowest BCUT2D eigenvalue weighted by Crippen LogP contribution is -2.14. The first kappa shape index (κ1) is 14.5. The van der Waals surface area contributed by atoms with Gasteiger partial charge in [0.15, 0.2) is 0 Å². The van der Waals surface area contributed by atoms with Crippen LogP contribution in [-0.4, -0.2) is 23.6 Å². The molecule has 1 heterocycles. The van der Waals surface area contributed by atoms with E-state index in [1.54, 1.807) is 0 Å². The van der Waals surface area contributed by atoms with Gasteiger partial charge in [-0.25, -0.2) is 4.79 Å². The fourth-order valence-electron chi connectivity index (χ4n) is 2.39. The van der Waals surface area contributed by atoms with Gasteiger partial charge in [0.2, 0.25) is 0 Å². The lowest BCUT2D eigenvalue weighted by molar-refractivity contribution is -0.137. The normalized spacial score (nSPS) is 21.3. The summed E-state index contributed by atoms with van der Waals surface area (Å²) >= 11 is 3.81. The smallest absolute Gasteiger partial charge is 0.330 e. The van der Waals surface area contributed by atoms with Gasteiger partial charge in [0.25, 0.3) is 0 Å². The Morgan fingerprint density at radius 2 is 2.10 bits per heavy atom. The summed E-state index contributed by atoms with van der Waals surface area (Å²) in [6.45, 7) is 3.88. The van der Waals surface area contributed by atoms with Gasteiger partial charge in [0, 0.05) is 17.1 Å². The van der Waals surface area contributed by atoms with Crippen LogP contribution in [0.25, 0.3) is 10.8 Å². The van der Waals surface area contributed by atoms with E-state index in [2.05, 4.69) is 49.0 Å². The van der Waals surface area contributed by atoms with E-state index >= 15 is 0 Å². The second-order valence-electron chi connectivity index (χ2n) is 4.83. The van der Waals surface area contributed by atoms with E-state index in [-0.39, 0.29) is 5.97 Å². The minimum absolute atomic E-state index is 0.339. The topological polar surface area (TPSA) is 26.3 Å². The van der Waals surface area contributed by atoms with E-state index in [1.807, 2.05) is 23.5 Å². The summed E-state index contributed by atoms with van der Waals surface area (Å²) < 4.78 is 5.56. The molecule has 0 aromatic heterocycles. The van der Waals surface area contributed by atoms with Gasteiger partial charge in [-0.1, -0.05) is 49.0 Å². The lowest BCUT2D eigenvalue weighted by Gasteiger charge is -2.13. The van der Waals surface area contributed by atoms with Crippen molar-refractivity contribution in [3.8, 4) is 0 Å². The maximum Gasteiger partial charge on any atom is 0.330 e. The fraction of sp³-hybridized carbons (Fsp3) is 0.235. The van der Waals surface area contributed by atoms with E-state index in [0.29, 0.717) is 16.4 Å². The summed E-state index contributed by atoms with van der Waals surface area (Å²) in [6, 6.07) is 14.9. The molecule has 0 N–H and O–H groups in total. The van der Waals surface area contributed by atoms with Gasteiger partial charge in [0.1, 0.15) is 6.61 Å². The van der Waals surface area contributed by atoms with Gasteiger partial charge < -0.3 is 4.74 Å². The highest BCUT2D eigenvalue weighted by molar-refractivity contribution is 8.19. The predicted molar refractivity (Wildman–Crippen MR) is 91.7 cm³/mol. The van der Waals surface area contributed by atoms with Crippen LogP contribution in [0.1, 0.15) is 10.1 Å². The van der Waals surface area contributed by atoms with Crippen molar-refractivity contribution in [1.82, 2.24) is 0 Å². The molecule has 0 bridgehead atoms. The van der Waals surface area contributed by atoms with E-state index < -0.39 is 0 Å². The average Bonchev–Trinajstić information content (AvgIpc) is 3.00. The first-order chi connectivity index (χ1) is 10.3. The van der Waals surface area contributed by atoms with Crippen LogP contribution in [0.2, 0.25) is 0 Å². The Labute approximate surface area is 132 Å². The van der Waals surface area contributed by atoms with Crippen molar-refractivity contribution < 1.29 is 9.53 Å². The first-order valence-electron chi connectivity index (χ1n) is 6.82. The van der Waals surface area contributed by atoms with Gasteiger partial charge in [-0.3, -0.25) is 0 Å². The number of benzene rings is 2. The largest absolute Gasteiger partial charge is 0.461 e. The third kappa shape index (κ3) is 3.27. The Hall–Kier alpha value is -1.39. The van der Waals surface area contributed by atoms with Gasteiger partial charge in [-0.2, -0.15) is 0 Å². The maximum atomic E-state index is 11.1. The van der Waals surface area contributed by atoms with Crippen LogP contribution in [-0.2, 0) is 9.53 Å². The summed E-state index contributed by atoms with van der Waals surface area (Å²) in [6.07, 6.45) is 1.22. The summed E-state index contributed by atoms with van der Waals surface area (Å²) in [7, 11) is 0. The summed E-state index contributed by atoms with van der Waals surface area (Å²) in [5.74, 6) is 0.664. The molecule has 4 heteroatoms. The number of carbonyl (C=O) groups excluding carboxylic acids is 1. The number of esters is 1. The predicted octanol–water partition coefficient (Wildman–Crippen LogP) is 4.42. The lowest BCUT2D eigenvalue weighted by atomic mass is 10.1. The van der Waals surface area contributed by atoms with Gasteiger partial charge >= 0.3 is 5.97 Å². The van der Waals surface area contributed by atoms with Crippen molar-refractivity contribution in [3.63, 3.8) is 0 Å². The van der Waals surface area contributed by atoms with Gasteiger partial charge in [-0.15, -0.1) is 23.5 Å². The van der Waals surface area contributed by atoms with Crippen LogP contribution in [0.5, 0.6) is 0 Å². The molecule has 2 nitrogen and oxygen atoms in total. The van der Waals surface area contributed by atoms with E-state index in [0.717, 1.165) is 5.75 Å². The molecule has 2 aromatic carbocycles. The van der Waals surface area contributed by atoms with Crippen molar-refractivity contribution in [2.45, 2.75) is 9.83 Å². The molecule has 108 valence electrons. The summed E-state index contributed by atoms with van der Waals surface area (Å²) in [5, 5.41) is 2.94. The Kier molecular flexibility index (Phi) is 4.56. The highest BCUT2D eigenvalue weighted by Crippen LogP contribution is 2.50. The molecule has 0 aliphatic carbocycles. The Morgan fingerprint density at radius 1 is 1.29 bits per heavy atom. The Bertz CT molecular complexity index is 663. The molecule has 1 fully saturated rings. The maximum absolute atomic E-state index is 11.1. The molecule has 1 aliphatic rings. The average molecular weight is 316 g/mol. The highest BCUT2D eigenvalue weighted by Gasteiger charge is 2.28. The molecular weight excluding hydrogens is 300 g/mol. The van der Waals surface area contributed by atoms with Gasteiger partial charge in [-0.05, 0) is 16.3 Å². The molecule has 1 aliphatic heterocycles. The van der Waals surface area contributed by atoms with Crippen LogP contribution in [0.4, 0.5) is 0 Å². The fourth-order valence-corrected chi connectivity index (χ4v) is 5.68. The zero-order valence-electron chi connectivity index (χ0n) is 11.5. The van der Waals surface area contributed by atoms with E-state index in [9.17, 15) is 4.79 Å². The van der Waals surface area contributed by atoms with E-state index in [1.165, 1.54) is 22.4 Å². The second-order valence-corrected chi connectivity index (χ2v) is 7.67. The van der Waals surface area contributed by atoms with Crippen molar-refractivity contribution >= 4 is 40.3 Å². The highest BCUT2D eigenvalue weighted by atomic mass is 32.2. The van der Waals surface area contributed by atoms with Gasteiger partial charge in [0.05, 0.1) is 4.58 Å². The number of thioether (sulfide) groups is 2. The molecule has 0 amide bonds. The molecule has 2 aromatic rings. The van der Waals surface area contributed by atoms with Crippen molar-refractivity contribution in [2.24, 2.45) is 0 Å². The monoisotopic (exact) mass is 316 g/mol. The van der Waals surface area contributed by atoms with Crippen molar-refractivity contribution in [2.75, 3.05) is 12.4 Å². The van der Waals surface area contributed by atoms with Crippen LogP contribution in [0.15, 0.2) is 55.1 Å². The molecule has 0 saturated carbocycles. The number of ether oxygens (including phenoxy) is 1. The standard InChI is InChI=1S/C17H16O2S2/c1-2-16(18)19-10-13-11-20-17(21-13)15-9-5-7-12-6-3-4-8-14(12)15/h2-9,13,17H,1,10-11H2. The Morgan fingerprint density at radius 3 is 2.95 bits per heavy atom. The van der Waals surface area contributed by atoms with Crippen LogP contribution >= 0.6 is 23.5 Å². The van der Waals surface area contributed by atoms with Crippen LogP contribution in [0, 0.1) is 0 Å². The van der Waals surface area contributed by atoms with Crippen molar-refractivity contribution in [3.05, 3.63) is 60.7 Å². The minimum Gasteiger partial charge on any atom is -0.461 e. The molecule has 0 spiro atoms. The minimum atomic E-state index is -0.339. The first-order valence-corrected chi connectivity index (χ1v) is 8.81. The molecular formula is C17H16O2S2. The SMILES string of the molecule is C=CC(=O)OCC1CSC(c2cccc3ccccc23)S1. The molecule has 3 rings (SSSR count).